The molecule has 0 atom stereocenters. The third kappa shape index (κ3) is 4.47. The highest BCUT2D eigenvalue weighted by atomic mass is 35.5. The maximum atomic E-state index is 12.2. The minimum Gasteiger partial charge on any atom is -0.339 e. The molecule has 25 heavy (non-hydrogen) atoms. The molecule has 0 aliphatic heterocycles. The molecule has 0 unspecified atom stereocenters. The molecule has 1 heterocycles. The second-order valence-electron chi connectivity index (χ2n) is 5.34. The number of carbonyl (C=O) groups is 1. The number of aromatic nitrogens is 2. The fraction of sp³-hybridized carbons (Fsp3) is 0.0556. The molecule has 1 amide bonds. The monoisotopic (exact) mass is 372 g/mol. The van der Waals surface area contributed by atoms with Gasteiger partial charge in [-0.1, -0.05) is 29.3 Å². The van der Waals surface area contributed by atoms with Crippen LogP contribution in [0.25, 0.3) is 0 Å². The number of hydrogen-bond acceptors (Lipinski definition) is 4. The largest absolute Gasteiger partial charge is 0.339 e. The van der Waals surface area contributed by atoms with Crippen LogP contribution < -0.4 is 10.6 Å². The van der Waals surface area contributed by atoms with Crippen LogP contribution in [0.3, 0.4) is 0 Å². The van der Waals surface area contributed by atoms with Crippen LogP contribution in [-0.4, -0.2) is 15.9 Å². The SMILES string of the molecule is Cc1cc(Cl)ccc1Nc1cnc(C(=O)Nc2cccc(Cl)c2)cn1. The molecule has 5 nitrogen and oxygen atoms in total. The first-order valence-corrected chi connectivity index (χ1v) is 8.19. The molecule has 3 rings (SSSR count). The van der Waals surface area contributed by atoms with E-state index in [-0.39, 0.29) is 11.6 Å². The highest BCUT2D eigenvalue weighted by Crippen LogP contribution is 2.22. The lowest BCUT2D eigenvalue weighted by atomic mass is 10.2. The minimum atomic E-state index is -0.357. The number of halogens is 2. The first kappa shape index (κ1) is 17.2. The first-order chi connectivity index (χ1) is 12.0. The van der Waals surface area contributed by atoms with Gasteiger partial charge in [-0.05, 0) is 48.9 Å². The minimum absolute atomic E-state index is 0.207. The molecular weight excluding hydrogens is 359 g/mol. The second kappa shape index (κ2) is 7.51. The van der Waals surface area contributed by atoms with Crippen molar-refractivity contribution in [2.24, 2.45) is 0 Å². The molecule has 0 saturated heterocycles. The molecular formula is C18H14Cl2N4O. The van der Waals surface area contributed by atoms with Gasteiger partial charge in [0.2, 0.25) is 0 Å². The van der Waals surface area contributed by atoms with Crippen LogP contribution >= 0.6 is 23.2 Å². The molecule has 0 radical (unpaired) electrons. The summed E-state index contributed by atoms with van der Waals surface area (Å²) in [6.45, 7) is 1.94. The Morgan fingerprint density at radius 2 is 1.80 bits per heavy atom. The van der Waals surface area contributed by atoms with Crippen molar-refractivity contribution in [3.05, 3.63) is 76.2 Å². The summed E-state index contributed by atoms with van der Waals surface area (Å²) < 4.78 is 0. The number of rotatable bonds is 4. The average Bonchev–Trinajstić information content (AvgIpc) is 2.58. The van der Waals surface area contributed by atoms with E-state index >= 15 is 0 Å². The van der Waals surface area contributed by atoms with Crippen molar-refractivity contribution < 1.29 is 4.79 Å². The van der Waals surface area contributed by atoms with Crippen molar-refractivity contribution in [2.45, 2.75) is 6.92 Å². The van der Waals surface area contributed by atoms with Crippen LogP contribution in [0.2, 0.25) is 10.0 Å². The summed E-state index contributed by atoms with van der Waals surface area (Å²) in [4.78, 5) is 20.6. The lowest BCUT2D eigenvalue weighted by molar-refractivity contribution is 0.102. The summed E-state index contributed by atoms with van der Waals surface area (Å²) in [6, 6.07) is 12.4. The molecule has 0 aliphatic carbocycles. The topological polar surface area (TPSA) is 66.9 Å². The summed E-state index contributed by atoms with van der Waals surface area (Å²) in [5.74, 6) is 0.175. The number of hydrogen-bond donors (Lipinski definition) is 2. The van der Waals surface area contributed by atoms with Crippen LogP contribution in [0.4, 0.5) is 17.2 Å². The Morgan fingerprint density at radius 1 is 1.00 bits per heavy atom. The molecule has 0 saturated carbocycles. The van der Waals surface area contributed by atoms with E-state index in [1.807, 2.05) is 19.1 Å². The summed E-state index contributed by atoms with van der Waals surface area (Å²) in [6.07, 6.45) is 2.91. The van der Waals surface area contributed by atoms with Crippen molar-refractivity contribution in [1.82, 2.24) is 9.97 Å². The number of nitrogens with zero attached hydrogens (tertiary/aromatic N) is 2. The van der Waals surface area contributed by atoms with Gasteiger partial charge < -0.3 is 10.6 Å². The van der Waals surface area contributed by atoms with Crippen LogP contribution in [-0.2, 0) is 0 Å². The zero-order chi connectivity index (χ0) is 17.8. The zero-order valence-corrected chi connectivity index (χ0v) is 14.8. The lowest BCUT2D eigenvalue weighted by Crippen LogP contribution is -2.14. The Morgan fingerprint density at radius 3 is 2.48 bits per heavy atom. The molecule has 0 spiro atoms. The summed E-state index contributed by atoms with van der Waals surface area (Å²) in [5.41, 5.74) is 2.66. The van der Waals surface area contributed by atoms with Crippen molar-refractivity contribution in [3.63, 3.8) is 0 Å². The van der Waals surface area contributed by atoms with Gasteiger partial charge in [-0.2, -0.15) is 0 Å². The molecule has 0 bridgehead atoms. The van der Waals surface area contributed by atoms with Gasteiger partial charge in [0.1, 0.15) is 11.5 Å². The van der Waals surface area contributed by atoms with Gasteiger partial charge in [0.15, 0.2) is 0 Å². The highest BCUT2D eigenvalue weighted by Gasteiger charge is 2.09. The van der Waals surface area contributed by atoms with E-state index in [1.54, 1.807) is 30.3 Å². The average molecular weight is 373 g/mol. The number of aryl methyl sites for hydroxylation is 1. The summed E-state index contributed by atoms with van der Waals surface area (Å²) in [5, 5.41) is 7.08. The molecule has 1 aromatic heterocycles. The van der Waals surface area contributed by atoms with Crippen molar-refractivity contribution in [2.75, 3.05) is 10.6 Å². The smallest absolute Gasteiger partial charge is 0.275 e. The summed E-state index contributed by atoms with van der Waals surface area (Å²) >= 11 is 11.8. The normalized spacial score (nSPS) is 10.4. The molecule has 3 aromatic rings. The van der Waals surface area contributed by atoms with Gasteiger partial charge >= 0.3 is 0 Å². The molecule has 7 heteroatoms. The van der Waals surface area contributed by atoms with Crippen LogP contribution in [0.5, 0.6) is 0 Å². The van der Waals surface area contributed by atoms with Gasteiger partial charge in [-0.3, -0.25) is 4.79 Å². The number of carbonyl (C=O) groups excluding carboxylic acids is 1. The Balaban J connectivity index is 1.70. The second-order valence-corrected chi connectivity index (χ2v) is 6.21. The van der Waals surface area contributed by atoms with Gasteiger partial charge in [-0.25, -0.2) is 9.97 Å². The van der Waals surface area contributed by atoms with E-state index < -0.39 is 0 Å². The zero-order valence-electron chi connectivity index (χ0n) is 13.3. The van der Waals surface area contributed by atoms with Crippen LogP contribution in [0.15, 0.2) is 54.9 Å². The fourth-order valence-corrected chi connectivity index (χ4v) is 2.59. The van der Waals surface area contributed by atoms with E-state index in [4.69, 9.17) is 23.2 Å². The van der Waals surface area contributed by atoms with E-state index in [2.05, 4.69) is 20.6 Å². The predicted octanol–water partition coefficient (Wildman–Crippen LogP) is 5.09. The number of nitrogens with one attached hydrogen (secondary N) is 2. The van der Waals surface area contributed by atoms with Gasteiger partial charge in [0.25, 0.3) is 5.91 Å². The lowest BCUT2D eigenvalue weighted by Gasteiger charge is -2.09. The molecule has 126 valence electrons. The molecule has 2 aromatic carbocycles. The number of benzene rings is 2. The Labute approximate surface area is 155 Å². The number of amides is 1. The van der Waals surface area contributed by atoms with Crippen LogP contribution in [0.1, 0.15) is 16.1 Å². The van der Waals surface area contributed by atoms with Crippen molar-refractivity contribution >= 4 is 46.3 Å². The first-order valence-electron chi connectivity index (χ1n) is 7.43. The van der Waals surface area contributed by atoms with E-state index in [9.17, 15) is 4.79 Å². The van der Waals surface area contributed by atoms with Crippen molar-refractivity contribution in [3.8, 4) is 0 Å². The third-order valence-electron chi connectivity index (χ3n) is 3.42. The Hall–Kier alpha value is -2.63. The highest BCUT2D eigenvalue weighted by molar-refractivity contribution is 6.31. The molecule has 0 fully saturated rings. The Bertz CT molecular complexity index is 913. The van der Waals surface area contributed by atoms with Gasteiger partial charge in [0.05, 0.1) is 12.4 Å². The molecule has 2 N–H and O–H groups in total. The Kier molecular flexibility index (Phi) is 5.16. The quantitative estimate of drug-likeness (QED) is 0.669. The van der Waals surface area contributed by atoms with Gasteiger partial charge in [0, 0.05) is 21.4 Å². The van der Waals surface area contributed by atoms with Gasteiger partial charge in [-0.15, -0.1) is 0 Å². The van der Waals surface area contributed by atoms with E-state index in [0.717, 1.165) is 11.3 Å². The third-order valence-corrected chi connectivity index (χ3v) is 3.89. The number of anilines is 3. The van der Waals surface area contributed by atoms with E-state index in [1.165, 1.54) is 12.4 Å². The predicted molar refractivity (Wildman–Crippen MR) is 101 cm³/mol. The maximum absolute atomic E-state index is 12.2. The van der Waals surface area contributed by atoms with E-state index in [0.29, 0.717) is 21.6 Å². The molecule has 0 aliphatic rings. The maximum Gasteiger partial charge on any atom is 0.275 e. The fourth-order valence-electron chi connectivity index (χ4n) is 2.18. The standard InChI is InChI=1S/C18H14Cl2N4O/c1-11-7-13(20)5-6-15(11)24-17-10-21-16(9-22-17)18(25)23-14-4-2-3-12(19)8-14/h2-10H,1H3,(H,22,24)(H,23,25). The van der Waals surface area contributed by atoms with Crippen molar-refractivity contribution in [1.29, 1.82) is 0 Å². The summed E-state index contributed by atoms with van der Waals surface area (Å²) in [7, 11) is 0. The van der Waals surface area contributed by atoms with Crippen LogP contribution in [0, 0.1) is 6.92 Å².